The third-order valence-electron chi connectivity index (χ3n) is 3.26. The third kappa shape index (κ3) is 3.34. The number of amidine groups is 1. The lowest BCUT2D eigenvalue weighted by Crippen LogP contribution is -2.19. The van der Waals surface area contributed by atoms with Crippen LogP contribution in [0.3, 0.4) is 0 Å². The Labute approximate surface area is 137 Å². The molecule has 1 aliphatic rings. The maximum Gasteiger partial charge on any atom is 0.165 e. The zero-order chi connectivity index (χ0) is 15.5. The molecule has 22 heavy (non-hydrogen) atoms. The van der Waals surface area contributed by atoms with E-state index in [9.17, 15) is 4.39 Å². The van der Waals surface area contributed by atoms with Gasteiger partial charge in [-0.25, -0.2) is 4.39 Å². The number of halogens is 3. The van der Waals surface area contributed by atoms with Gasteiger partial charge in [-0.3, -0.25) is 4.99 Å². The van der Waals surface area contributed by atoms with Gasteiger partial charge in [0.15, 0.2) is 11.6 Å². The Morgan fingerprint density at radius 2 is 2.00 bits per heavy atom. The smallest absolute Gasteiger partial charge is 0.165 e. The molecule has 0 saturated carbocycles. The van der Waals surface area contributed by atoms with E-state index in [4.69, 9.17) is 27.9 Å². The molecule has 2 aromatic rings. The standard InChI is InChI=1S/C16H13Cl2FN2O/c17-12-3-1-10(7-13(12)18)9-22-15-4-2-11(8-14(15)19)16-20-5-6-21-16/h1-4,7-8H,5-6,9H2,(H,20,21). The summed E-state index contributed by atoms with van der Waals surface area (Å²) in [4.78, 5) is 4.26. The van der Waals surface area contributed by atoms with Crippen molar-refractivity contribution >= 4 is 29.0 Å². The van der Waals surface area contributed by atoms with Crippen molar-refractivity contribution in [1.82, 2.24) is 5.32 Å². The number of hydrogen-bond donors (Lipinski definition) is 1. The van der Waals surface area contributed by atoms with Crippen LogP contribution in [0.4, 0.5) is 4.39 Å². The first kappa shape index (κ1) is 15.1. The number of benzene rings is 2. The Morgan fingerprint density at radius 1 is 1.14 bits per heavy atom. The molecule has 2 aromatic carbocycles. The minimum atomic E-state index is -0.422. The van der Waals surface area contributed by atoms with E-state index >= 15 is 0 Å². The fourth-order valence-corrected chi connectivity index (χ4v) is 2.47. The summed E-state index contributed by atoms with van der Waals surface area (Å²) in [7, 11) is 0. The van der Waals surface area contributed by atoms with Crippen LogP contribution >= 0.6 is 23.2 Å². The molecule has 6 heteroatoms. The summed E-state index contributed by atoms with van der Waals surface area (Å²) in [6.45, 7) is 1.71. The predicted octanol–water partition coefficient (Wildman–Crippen LogP) is 4.06. The van der Waals surface area contributed by atoms with Crippen molar-refractivity contribution in [2.45, 2.75) is 6.61 Å². The number of hydrogen-bond acceptors (Lipinski definition) is 3. The van der Waals surface area contributed by atoms with Gasteiger partial charge in [-0.1, -0.05) is 29.3 Å². The molecule has 1 N–H and O–H groups in total. The second-order valence-corrected chi connectivity index (χ2v) is 5.65. The molecule has 3 nitrogen and oxygen atoms in total. The van der Waals surface area contributed by atoms with Crippen molar-refractivity contribution in [2.75, 3.05) is 13.1 Å². The van der Waals surface area contributed by atoms with Crippen molar-refractivity contribution in [1.29, 1.82) is 0 Å². The molecule has 0 spiro atoms. The van der Waals surface area contributed by atoms with Crippen molar-refractivity contribution < 1.29 is 9.13 Å². The summed E-state index contributed by atoms with van der Waals surface area (Å²) in [5, 5.41) is 4.03. The lowest BCUT2D eigenvalue weighted by Gasteiger charge is -2.10. The number of aliphatic imine (C=N–C) groups is 1. The van der Waals surface area contributed by atoms with Gasteiger partial charge >= 0.3 is 0 Å². The molecule has 0 radical (unpaired) electrons. The molecule has 0 amide bonds. The second-order valence-electron chi connectivity index (χ2n) is 4.84. The first-order chi connectivity index (χ1) is 10.6. The first-order valence-electron chi connectivity index (χ1n) is 6.78. The van der Waals surface area contributed by atoms with E-state index in [-0.39, 0.29) is 12.4 Å². The summed E-state index contributed by atoms with van der Waals surface area (Å²) in [5.74, 6) is 0.484. The van der Waals surface area contributed by atoms with Crippen LogP contribution in [0.25, 0.3) is 0 Å². The van der Waals surface area contributed by atoms with E-state index in [0.717, 1.165) is 23.5 Å². The molecule has 0 fully saturated rings. The molecule has 3 rings (SSSR count). The summed E-state index contributed by atoms with van der Waals surface area (Å²) in [6.07, 6.45) is 0. The SMILES string of the molecule is Fc1cc(C2=NCCN2)ccc1OCc1ccc(Cl)c(Cl)c1. The average Bonchev–Trinajstić information content (AvgIpc) is 3.04. The van der Waals surface area contributed by atoms with Crippen LogP contribution < -0.4 is 10.1 Å². The molecule has 114 valence electrons. The van der Waals surface area contributed by atoms with Crippen molar-refractivity contribution in [3.8, 4) is 5.75 Å². The molecule has 1 heterocycles. The highest BCUT2D eigenvalue weighted by atomic mass is 35.5. The van der Waals surface area contributed by atoms with E-state index < -0.39 is 5.82 Å². The van der Waals surface area contributed by atoms with Crippen LogP contribution in [-0.2, 0) is 6.61 Å². The normalized spacial score (nSPS) is 13.7. The molecule has 0 bridgehead atoms. The molecule has 0 saturated heterocycles. The van der Waals surface area contributed by atoms with Gasteiger partial charge in [0.05, 0.1) is 16.6 Å². The Balaban J connectivity index is 1.71. The summed E-state index contributed by atoms with van der Waals surface area (Å²) in [6, 6.07) is 9.98. The molecule has 0 aliphatic carbocycles. The van der Waals surface area contributed by atoms with Gasteiger partial charge in [0.25, 0.3) is 0 Å². The summed E-state index contributed by atoms with van der Waals surface area (Å²) >= 11 is 11.8. The molecule has 0 unspecified atom stereocenters. The Hall–Kier alpha value is -1.78. The highest BCUT2D eigenvalue weighted by Gasteiger charge is 2.12. The van der Waals surface area contributed by atoms with Gasteiger partial charge in [0.2, 0.25) is 0 Å². The highest BCUT2D eigenvalue weighted by molar-refractivity contribution is 6.42. The zero-order valence-corrected chi connectivity index (χ0v) is 13.1. The number of nitrogens with zero attached hydrogens (tertiary/aromatic N) is 1. The third-order valence-corrected chi connectivity index (χ3v) is 4.00. The Morgan fingerprint density at radius 3 is 2.68 bits per heavy atom. The number of ether oxygens (including phenoxy) is 1. The van der Waals surface area contributed by atoms with Gasteiger partial charge in [-0.05, 0) is 35.9 Å². The maximum absolute atomic E-state index is 14.1. The van der Waals surface area contributed by atoms with Crippen molar-refractivity contribution in [3.63, 3.8) is 0 Å². The van der Waals surface area contributed by atoms with E-state index in [0.29, 0.717) is 16.6 Å². The van der Waals surface area contributed by atoms with Gasteiger partial charge in [0, 0.05) is 12.1 Å². The zero-order valence-electron chi connectivity index (χ0n) is 11.6. The van der Waals surface area contributed by atoms with E-state index in [1.54, 1.807) is 30.3 Å². The fraction of sp³-hybridized carbons (Fsp3) is 0.188. The Bertz CT molecular complexity index is 734. The molecule has 0 atom stereocenters. The molecule has 1 aliphatic heterocycles. The summed E-state index contributed by atoms with van der Waals surface area (Å²) < 4.78 is 19.6. The topological polar surface area (TPSA) is 33.6 Å². The number of rotatable bonds is 4. The lowest BCUT2D eigenvalue weighted by atomic mass is 10.2. The van der Waals surface area contributed by atoms with E-state index in [1.807, 2.05) is 0 Å². The summed E-state index contributed by atoms with van der Waals surface area (Å²) in [5.41, 5.74) is 1.54. The predicted molar refractivity (Wildman–Crippen MR) is 86.6 cm³/mol. The van der Waals surface area contributed by atoms with Gasteiger partial charge < -0.3 is 10.1 Å². The molecular formula is C16H13Cl2FN2O. The largest absolute Gasteiger partial charge is 0.486 e. The lowest BCUT2D eigenvalue weighted by molar-refractivity contribution is 0.290. The van der Waals surface area contributed by atoms with Crippen LogP contribution in [0, 0.1) is 5.82 Å². The highest BCUT2D eigenvalue weighted by Crippen LogP contribution is 2.24. The monoisotopic (exact) mass is 338 g/mol. The van der Waals surface area contributed by atoms with Crippen LogP contribution in [0.5, 0.6) is 5.75 Å². The quantitative estimate of drug-likeness (QED) is 0.911. The van der Waals surface area contributed by atoms with Gasteiger partial charge in [0.1, 0.15) is 12.4 Å². The van der Waals surface area contributed by atoms with Crippen LogP contribution in [0.1, 0.15) is 11.1 Å². The van der Waals surface area contributed by atoms with Crippen LogP contribution in [-0.4, -0.2) is 18.9 Å². The molecule has 0 aromatic heterocycles. The van der Waals surface area contributed by atoms with Crippen LogP contribution in [0.15, 0.2) is 41.4 Å². The first-order valence-corrected chi connectivity index (χ1v) is 7.54. The minimum Gasteiger partial charge on any atom is -0.486 e. The average molecular weight is 339 g/mol. The fourth-order valence-electron chi connectivity index (χ4n) is 2.15. The Kier molecular flexibility index (Phi) is 4.50. The van der Waals surface area contributed by atoms with E-state index in [2.05, 4.69) is 10.3 Å². The van der Waals surface area contributed by atoms with Gasteiger partial charge in [-0.2, -0.15) is 0 Å². The van der Waals surface area contributed by atoms with Gasteiger partial charge in [-0.15, -0.1) is 0 Å². The number of nitrogens with one attached hydrogen (secondary N) is 1. The van der Waals surface area contributed by atoms with E-state index in [1.165, 1.54) is 6.07 Å². The molecular weight excluding hydrogens is 326 g/mol. The van der Waals surface area contributed by atoms with Crippen molar-refractivity contribution in [2.24, 2.45) is 4.99 Å². The minimum absolute atomic E-state index is 0.188. The second kappa shape index (κ2) is 6.55. The maximum atomic E-state index is 14.1. The van der Waals surface area contributed by atoms with Crippen LogP contribution in [0.2, 0.25) is 10.0 Å². The van der Waals surface area contributed by atoms with Crippen molar-refractivity contribution in [3.05, 3.63) is 63.4 Å².